The molecule has 1 aliphatic carbocycles. The van der Waals surface area contributed by atoms with Crippen LogP contribution in [0.4, 0.5) is 0 Å². The van der Waals surface area contributed by atoms with E-state index in [1.807, 2.05) is 42.5 Å². The summed E-state index contributed by atoms with van der Waals surface area (Å²) in [6.07, 6.45) is 3.52. The quantitative estimate of drug-likeness (QED) is 0.682. The largest absolute Gasteiger partial charge is 0.420 e. The van der Waals surface area contributed by atoms with Gasteiger partial charge in [0.25, 0.3) is 0 Å². The zero-order valence-corrected chi connectivity index (χ0v) is 15.7. The van der Waals surface area contributed by atoms with E-state index in [1.165, 1.54) is 18.4 Å². The minimum Gasteiger partial charge on any atom is -0.420 e. The molecule has 2 aromatic carbocycles. The Bertz CT molecular complexity index is 995. The highest BCUT2D eigenvalue weighted by atomic mass is 16.4. The molecule has 5 rings (SSSR count). The lowest BCUT2D eigenvalue weighted by atomic mass is 9.90. The van der Waals surface area contributed by atoms with Crippen LogP contribution < -0.4 is 0 Å². The molecular formula is C23H22N4O. The normalized spacial score (nSPS) is 20.8. The number of nitriles is 1. The first-order chi connectivity index (χ1) is 13.8. The summed E-state index contributed by atoms with van der Waals surface area (Å²) >= 11 is 0. The summed E-state index contributed by atoms with van der Waals surface area (Å²) in [4.78, 5) is 2.51. The number of benzene rings is 2. The van der Waals surface area contributed by atoms with Crippen LogP contribution in [0.25, 0.3) is 11.5 Å². The van der Waals surface area contributed by atoms with Crippen LogP contribution in [0.3, 0.4) is 0 Å². The second kappa shape index (κ2) is 6.88. The van der Waals surface area contributed by atoms with Gasteiger partial charge in [0.05, 0.1) is 11.6 Å². The molecule has 1 saturated heterocycles. The summed E-state index contributed by atoms with van der Waals surface area (Å²) in [5.74, 6) is 1.84. The van der Waals surface area contributed by atoms with Crippen LogP contribution in [-0.2, 0) is 6.54 Å². The van der Waals surface area contributed by atoms with Gasteiger partial charge in [0.15, 0.2) is 0 Å². The lowest BCUT2D eigenvalue weighted by Crippen LogP contribution is -2.34. The lowest BCUT2D eigenvalue weighted by Gasteiger charge is -2.32. The van der Waals surface area contributed by atoms with Crippen molar-refractivity contribution in [3.05, 3.63) is 71.6 Å². The maximum absolute atomic E-state index is 8.92. The fourth-order valence-electron chi connectivity index (χ4n) is 4.42. The summed E-state index contributed by atoms with van der Waals surface area (Å²) in [5, 5.41) is 17.5. The van der Waals surface area contributed by atoms with Gasteiger partial charge in [-0.3, -0.25) is 4.90 Å². The van der Waals surface area contributed by atoms with E-state index in [-0.39, 0.29) is 0 Å². The monoisotopic (exact) mass is 370 g/mol. The number of aromatic nitrogens is 2. The van der Waals surface area contributed by atoms with Crippen molar-refractivity contribution in [2.75, 3.05) is 13.1 Å². The van der Waals surface area contributed by atoms with Gasteiger partial charge in [0, 0.05) is 18.0 Å². The Morgan fingerprint density at radius 1 is 1.04 bits per heavy atom. The Balaban J connectivity index is 1.20. The van der Waals surface area contributed by atoms with E-state index in [0.717, 1.165) is 43.1 Å². The molecule has 5 nitrogen and oxygen atoms in total. The van der Waals surface area contributed by atoms with Crippen molar-refractivity contribution in [3.8, 4) is 17.5 Å². The average molecular weight is 370 g/mol. The van der Waals surface area contributed by atoms with E-state index in [2.05, 4.69) is 33.3 Å². The smallest absolute Gasteiger partial charge is 0.247 e. The average Bonchev–Trinajstić information content (AvgIpc) is 3.22. The van der Waals surface area contributed by atoms with Crippen molar-refractivity contribution in [1.29, 1.82) is 5.26 Å². The lowest BCUT2D eigenvalue weighted by molar-refractivity contribution is 0.160. The molecule has 140 valence electrons. The van der Waals surface area contributed by atoms with Gasteiger partial charge >= 0.3 is 0 Å². The first kappa shape index (κ1) is 17.2. The van der Waals surface area contributed by atoms with Gasteiger partial charge in [-0.05, 0) is 67.6 Å². The Morgan fingerprint density at radius 3 is 2.50 bits per heavy atom. The summed E-state index contributed by atoms with van der Waals surface area (Å²) in [5.41, 5.74) is 3.32. The SMILES string of the molecule is N#Cc1ccc(CN2CCC3(CC2)C[C@H]3c2nnc(-c3ccccc3)o2)cc1. The summed E-state index contributed by atoms with van der Waals surface area (Å²) in [6.45, 7) is 3.14. The molecule has 0 unspecified atom stereocenters. The van der Waals surface area contributed by atoms with Crippen LogP contribution in [0, 0.1) is 16.7 Å². The zero-order chi connectivity index (χ0) is 19.0. The van der Waals surface area contributed by atoms with Gasteiger partial charge < -0.3 is 4.42 Å². The van der Waals surface area contributed by atoms with Crippen molar-refractivity contribution in [2.24, 2.45) is 5.41 Å². The first-order valence-corrected chi connectivity index (χ1v) is 9.86. The van der Waals surface area contributed by atoms with E-state index in [4.69, 9.17) is 9.68 Å². The third-order valence-corrected chi connectivity index (χ3v) is 6.29. The molecule has 28 heavy (non-hydrogen) atoms. The van der Waals surface area contributed by atoms with Gasteiger partial charge in [0.2, 0.25) is 11.8 Å². The van der Waals surface area contributed by atoms with Crippen LogP contribution in [0.5, 0.6) is 0 Å². The Kier molecular flexibility index (Phi) is 4.22. The van der Waals surface area contributed by atoms with Crippen LogP contribution >= 0.6 is 0 Å². The Hall–Kier alpha value is -2.97. The zero-order valence-electron chi connectivity index (χ0n) is 15.7. The number of likely N-dealkylation sites (tertiary alicyclic amines) is 1. The van der Waals surface area contributed by atoms with E-state index in [1.54, 1.807) is 0 Å². The van der Waals surface area contributed by atoms with Crippen LogP contribution in [0.2, 0.25) is 0 Å². The summed E-state index contributed by atoms with van der Waals surface area (Å²) < 4.78 is 6.00. The van der Waals surface area contributed by atoms with Crippen LogP contribution in [0.1, 0.15) is 42.2 Å². The molecule has 1 aromatic heterocycles. The van der Waals surface area contributed by atoms with Gasteiger partial charge in [0.1, 0.15) is 0 Å². The van der Waals surface area contributed by atoms with E-state index >= 15 is 0 Å². The number of piperidine rings is 1. The van der Waals surface area contributed by atoms with E-state index in [9.17, 15) is 0 Å². The number of hydrogen-bond donors (Lipinski definition) is 0. The maximum Gasteiger partial charge on any atom is 0.247 e. The molecule has 0 N–H and O–H groups in total. The molecule has 1 saturated carbocycles. The molecule has 3 aromatic rings. The topological polar surface area (TPSA) is 66.0 Å². The fraction of sp³-hybridized carbons (Fsp3) is 0.348. The third kappa shape index (κ3) is 3.21. The second-order valence-electron chi connectivity index (χ2n) is 8.02. The molecule has 0 amide bonds. The number of rotatable bonds is 4. The molecule has 1 spiro atoms. The van der Waals surface area contributed by atoms with Gasteiger partial charge in [-0.2, -0.15) is 5.26 Å². The van der Waals surface area contributed by atoms with Gasteiger partial charge in [-0.25, -0.2) is 0 Å². The van der Waals surface area contributed by atoms with Crippen molar-refractivity contribution in [2.45, 2.75) is 31.7 Å². The summed E-state index contributed by atoms with van der Waals surface area (Å²) in [6, 6.07) is 20.1. The van der Waals surface area contributed by atoms with Crippen LogP contribution in [0.15, 0.2) is 59.0 Å². The highest BCUT2D eigenvalue weighted by Gasteiger charge is 2.58. The molecular weight excluding hydrogens is 348 g/mol. The standard InChI is InChI=1S/C23H22N4O/c24-15-17-6-8-18(9-7-17)16-27-12-10-23(11-13-27)14-20(23)22-26-25-21(28-22)19-4-2-1-3-5-19/h1-9,20H,10-14,16H2/t20-/m0/s1. The van der Waals surface area contributed by atoms with E-state index < -0.39 is 0 Å². The Morgan fingerprint density at radius 2 is 1.79 bits per heavy atom. The predicted octanol–water partition coefficient (Wildman–Crippen LogP) is 4.38. The maximum atomic E-state index is 8.92. The molecule has 1 atom stereocenters. The highest BCUT2D eigenvalue weighted by Crippen LogP contribution is 2.64. The van der Waals surface area contributed by atoms with Gasteiger partial charge in [-0.15, -0.1) is 10.2 Å². The van der Waals surface area contributed by atoms with Crippen molar-refractivity contribution < 1.29 is 4.42 Å². The molecule has 2 heterocycles. The predicted molar refractivity (Wildman–Crippen MR) is 105 cm³/mol. The summed E-state index contributed by atoms with van der Waals surface area (Å²) in [7, 11) is 0. The van der Waals surface area contributed by atoms with E-state index in [0.29, 0.717) is 17.2 Å². The van der Waals surface area contributed by atoms with Gasteiger partial charge in [-0.1, -0.05) is 30.3 Å². The molecule has 5 heteroatoms. The van der Waals surface area contributed by atoms with Crippen LogP contribution in [-0.4, -0.2) is 28.2 Å². The van der Waals surface area contributed by atoms with Crippen molar-refractivity contribution in [1.82, 2.24) is 15.1 Å². The molecule has 0 bridgehead atoms. The molecule has 1 aliphatic heterocycles. The minimum atomic E-state index is 0.349. The number of hydrogen-bond acceptors (Lipinski definition) is 5. The molecule has 2 aliphatic rings. The second-order valence-corrected chi connectivity index (χ2v) is 8.02. The van der Waals surface area contributed by atoms with Crippen molar-refractivity contribution >= 4 is 0 Å². The third-order valence-electron chi connectivity index (χ3n) is 6.29. The Labute approximate surface area is 164 Å². The number of nitrogens with zero attached hydrogens (tertiary/aromatic N) is 4. The molecule has 2 fully saturated rings. The fourth-order valence-corrected chi connectivity index (χ4v) is 4.42. The minimum absolute atomic E-state index is 0.349. The van der Waals surface area contributed by atoms with Crippen molar-refractivity contribution in [3.63, 3.8) is 0 Å². The first-order valence-electron chi connectivity index (χ1n) is 9.86. The molecule has 0 radical (unpaired) electrons. The highest BCUT2D eigenvalue weighted by molar-refractivity contribution is 5.51.